The first-order valence-electron chi connectivity index (χ1n) is 8.90. The summed E-state index contributed by atoms with van der Waals surface area (Å²) >= 11 is 13.0. The van der Waals surface area contributed by atoms with E-state index in [-0.39, 0.29) is 5.91 Å². The fraction of sp³-hybridized carbons (Fsp3) is 0.0909. The summed E-state index contributed by atoms with van der Waals surface area (Å²) in [6.07, 6.45) is 0.924. The Bertz CT molecular complexity index is 1220. The summed E-state index contributed by atoms with van der Waals surface area (Å²) < 4.78 is 7.61. The summed E-state index contributed by atoms with van der Waals surface area (Å²) in [6, 6.07) is 16.6. The molecule has 0 aliphatic carbocycles. The number of halogens is 3. The van der Waals surface area contributed by atoms with Gasteiger partial charge >= 0.3 is 0 Å². The van der Waals surface area contributed by atoms with E-state index in [0.717, 1.165) is 32.0 Å². The van der Waals surface area contributed by atoms with Gasteiger partial charge in [-0.05, 0) is 82.5 Å². The normalized spacial score (nSPS) is 11.0. The third-order valence-electron chi connectivity index (χ3n) is 4.48. The smallest absolute Gasteiger partial charge is 0.257 e. The summed E-state index contributed by atoms with van der Waals surface area (Å²) in [5.41, 5.74) is 4.60. The van der Waals surface area contributed by atoms with Crippen molar-refractivity contribution in [1.29, 1.82) is 0 Å². The molecule has 0 saturated carbocycles. The van der Waals surface area contributed by atoms with Gasteiger partial charge < -0.3 is 9.73 Å². The van der Waals surface area contributed by atoms with Crippen molar-refractivity contribution < 1.29 is 9.21 Å². The van der Waals surface area contributed by atoms with Crippen molar-refractivity contribution in [2.45, 2.75) is 13.3 Å². The predicted molar refractivity (Wildman–Crippen MR) is 124 cm³/mol. The summed E-state index contributed by atoms with van der Waals surface area (Å²) in [5.74, 6) is 0.254. The molecule has 3 aromatic carbocycles. The highest BCUT2D eigenvalue weighted by Gasteiger charge is 2.14. The molecule has 0 bridgehead atoms. The topological polar surface area (TPSA) is 55.1 Å². The van der Waals surface area contributed by atoms with Crippen LogP contribution in [0, 0.1) is 0 Å². The molecule has 0 radical (unpaired) electrons. The van der Waals surface area contributed by atoms with Gasteiger partial charge in [-0.25, -0.2) is 4.98 Å². The number of aromatic nitrogens is 1. The van der Waals surface area contributed by atoms with Crippen LogP contribution >= 0.6 is 43.5 Å². The SMILES string of the molecule is CCc1cc(Br)c2oc(-c3ccc(NC(=O)c4cc(Br)ccc4Cl)cc3)nc2c1. The predicted octanol–water partition coefficient (Wildman–Crippen LogP) is 7.49. The highest BCUT2D eigenvalue weighted by atomic mass is 79.9. The number of amides is 1. The second-order valence-corrected chi connectivity index (χ2v) is 8.63. The molecule has 0 spiro atoms. The zero-order valence-corrected chi connectivity index (χ0v) is 19.2. The van der Waals surface area contributed by atoms with Crippen molar-refractivity contribution in [3.8, 4) is 11.5 Å². The molecule has 1 N–H and O–H groups in total. The number of aryl methyl sites for hydroxylation is 1. The molecule has 0 unspecified atom stereocenters. The third kappa shape index (κ3) is 4.25. The zero-order chi connectivity index (χ0) is 20.5. The van der Waals surface area contributed by atoms with Crippen LogP contribution in [0.3, 0.4) is 0 Å². The Morgan fingerprint density at radius 2 is 1.86 bits per heavy atom. The maximum Gasteiger partial charge on any atom is 0.257 e. The van der Waals surface area contributed by atoms with Crippen molar-refractivity contribution in [3.63, 3.8) is 0 Å². The molecule has 0 aliphatic heterocycles. The number of rotatable bonds is 4. The number of oxazole rings is 1. The van der Waals surface area contributed by atoms with Gasteiger partial charge in [0.15, 0.2) is 5.58 Å². The van der Waals surface area contributed by atoms with Crippen LogP contribution in [0.2, 0.25) is 5.02 Å². The lowest BCUT2D eigenvalue weighted by atomic mass is 10.1. The summed E-state index contributed by atoms with van der Waals surface area (Å²) in [6.45, 7) is 2.10. The highest BCUT2D eigenvalue weighted by molar-refractivity contribution is 9.11. The number of fused-ring (bicyclic) bond motifs is 1. The van der Waals surface area contributed by atoms with Crippen LogP contribution in [-0.2, 0) is 6.42 Å². The van der Waals surface area contributed by atoms with Crippen molar-refractivity contribution >= 4 is 66.2 Å². The molecule has 1 heterocycles. The van der Waals surface area contributed by atoms with E-state index in [1.54, 1.807) is 30.3 Å². The van der Waals surface area contributed by atoms with Crippen LogP contribution < -0.4 is 5.32 Å². The first-order valence-corrected chi connectivity index (χ1v) is 10.9. The number of anilines is 1. The van der Waals surface area contributed by atoms with Crippen LogP contribution in [0.15, 0.2) is 68.0 Å². The molecular weight excluding hydrogens is 520 g/mol. The maximum atomic E-state index is 12.5. The number of benzene rings is 3. The lowest BCUT2D eigenvalue weighted by molar-refractivity contribution is 0.102. The Morgan fingerprint density at radius 3 is 2.59 bits per heavy atom. The number of carbonyl (C=O) groups is 1. The Morgan fingerprint density at radius 1 is 1.10 bits per heavy atom. The summed E-state index contributed by atoms with van der Waals surface area (Å²) in [7, 11) is 0. The lowest BCUT2D eigenvalue weighted by Crippen LogP contribution is -2.12. The van der Waals surface area contributed by atoms with Crippen molar-refractivity contribution in [2.75, 3.05) is 5.32 Å². The number of carbonyl (C=O) groups excluding carboxylic acids is 1. The second kappa shape index (κ2) is 8.30. The van der Waals surface area contributed by atoms with Gasteiger partial charge in [-0.15, -0.1) is 0 Å². The van der Waals surface area contributed by atoms with E-state index in [2.05, 4.69) is 49.1 Å². The van der Waals surface area contributed by atoms with Gasteiger partial charge in [-0.2, -0.15) is 0 Å². The minimum atomic E-state index is -0.276. The van der Waals surface area contributed by atoms with Crippen LogP contribution in [0.5, 0.6) is 0 Å². The van der Waals surface area contributed by atoms with E-state index in [0.29, 0.717) is 22.2 Å². The summed E-state index contributed by atoms with van der Waals surface area (Å²) in [4.78, 5) is 17.1. The van der Waals surface area contributed by atoms with Gasteiger partial charge in [-0.1, -0.05) is 34.5 Å². The fourth-order valence-corrected chi connectivity index (χ4v) is 4.08. The van der Waals surface area contributed by atoms with Crippen LogP contribution in [-0.4, -0.2) is 10.9 Å². The van der Waals surface area contributed by atoms with Gasteiger partial charge in [-0.3, -0.25) is 4.79 Å². The monoisotopic (exact) mass is 532 g/mol. The second-order valence-electron chi connectivity index (χ2n) is 6.45. The lowest BCUT2D eigenvalue weighted by Gasteiger charge is -2.07. The van der Waals surface area contributed by atoms with E-state index in [4.69, 9.17) is 16.0 Å². The molecule has 7 heteroatoms. The number of hydrogen-bond acceptors (Lipinski definition) is 3. The van der Waals surface area contributed by atoms with E-state index in [1.807, 2.05) is 24.3 Å². The quantitative estimate of drug-likeness (QED) is 0.295. The van der Waals surface area contributed by atoms with E-state index in [9.17, 15) is 4.79 Å². The molecule has 146 valence electrons. The average molecular weight is 535 g/mol. The minimum absolute atomic E-state index is 0.276. The van der Waals surface area contributed by atoms with Crippen LogP contribution in [0.4, 0.5) is 5.69 Å². The van der Waals surface area contributed by atoms with Gasteiger partial charge in [0, 0.05) is 15.7 Å². The molecule has 4 rings (SSSR count). The van der Waals surface area contributed by atoms with Gasteiger partial charge in [0.05, 0.1) is 15.1 Å². The zero-order valence-electron chi connectivity index (χ0n) is 15.3. The molecule has 4 nitrogen and oxygen atoms in total. The molecular formula is C22H15Br2ClN2O2. The van der Waals surface area contributed by atoms with Gasteiger partial charge in [0.1, 0.15) is 5.52 Å². The van der Waals surface area contributed by atoms with Crippen molar-refractivity contribution in [2.24, 2.45) is 0 Å². The van der Waals surface area contributed by atoms with Crippen LogP contribution in [0.25, 0.3) is 22.6 Å². The Hall–Kier alpha value is -2.15. The molecule has 0 saturated heterocycles. The van der Waals surface area contributed by atoms with E-state index < -0.39 is 0 Å². The molecule has 0 aliphatic rings. The van der Waals surface area contributed by atoms with Crippen LogP contribution in [0.1, 0.15) is 22.8 Å². The largest absolute Gasteiger partial charge is 0.435 e. The molecule has 4 aromatic rings. The standard InChI is InChI=1S/C22H15Br2ClN2O2/c1-2-12-9-17(24)20-19(10-12)27-22(29-20)13-3-6-15(7-4-13)26-21(28)16-11-14(23)5-8-18(16)25/h3-11H,2H2,1H3,(H,26,28). The first-order chi connectivity index (χ1) is 13.9. The molecule has 1 amide bonds. The number of nitrogens with zero attached hydrogens (tertiary/aromatic N) is 1. The Balaban J connectivity index is 1.58. The summed E-state index contributed by atoms with van der Waals surface area (Å²) in [5, 5.41) is 3.25. The first kappa shape index (κ1) is 20.1. The van der Waals surface area contributed by atoms with E-state index >= 15 is 0 Å². The Kier molecular flexibility index (Phi) is 5.76. The molecule has 0 fully saturated rings. The van der Waals surface area contributed by atoms with E-state index in [1.165, 1.54) is 5.56 Å². The minimum Gasteiger partial charge on any atom is -0.435 e. The fourth-order valence-electron chi connectivity index (χ4n) is 2.94. The maximum absolute atomic E-state index is 12.5. The van der Waals surface area contributed by atoms with Crippen molar-refractivity contribution in [1.82, 2.24) is 4.98 Å². The number of nitrogens with one attached hydrogen (secondary N) is 1. The Labute approximate surface area is 189 Å². The van der Waals surface area contributed by atoms with Gasteiger partial charge in [0.25, 0.3) is 5.91 Å². The molecule has 29 heavy (non-hydrogen) atoms. The third-order valence-corrected chi connectivity index (χ3v) is 5.89. The highest BCUT2D eigenvalue weighted by Crippen LogP contribution is 2.31. The molecule has 1 aromatic heterocycles. The number of hydrogen-bond donors (Lipinski definition) is 1. The average Bonchev–Trinajstić information content (AvgIpc) is 3.15. The molecule has 0 atom stereocenters. The van der Waals surface area contributed by atoms with Gasteiger partial charge in [0.2, 0.25) is 5.89 Å². The van der Waals surface area contributed by atoms with Crippen molar-refractivity contribution in [3.05, 3.63) is 79.7 Å².